The van der Waals surface area contributed by atoms with Crippen LogP contribution in [0.5, 0.6) is 0 Å². The molecule has 0 rings (SSSR count). The maximum Gasteiger partial charge on any atom is 0.144 e. The summed E-state index contributed by atoms with van der Waals surface area (Å²) in [6.07, 6.45) is 6.08. The van der Waals surface area contributed by atoms with Gasteiger partial charge in [0.2, 0.25) is 0 Å². The van der Waals surface area contributed by atoms with E-state index in [1.807, 2.05) is 0 Å². The minimum absolute atomic E-state index is 0.284. The molecule has 0 spiro atoms. The van der Waals surface area contributed by atoms with Crippen LogP contribution in [0.25, 0.3) is 0 Å². The molecule has 0 aliphatic rings. The van der Waals surface area contributed by atoms with Gasteiger partial charge in [-0.3, -0.25) is 0 Å². The summed E-state index contributed by atoms with van der Waals surface area (Å²) in [5.74, 6) is 0. The van der Waals surface area contributed by atoms with Gasteiger partial charge in [-0.25, -0.2) is 0 Å². The van der Waals surface area contributed by atoms with Gasteiger partial charge in [-0.1, -0.05) is 47.2 Å². The van der Waals surface area contributed by atoms with E-state index in [0.717, 1.165) is 65.0 Å². The molecule has 0 unspecified atom stereocenters. The maximum atomic E-state index is 6.22. The van der Waals surface area contributed by atoms with E-state index in [0.29, 0.717) is 0 Å². The first-order valence-corrected chi connectivity index (χ1v) is 14.0. The third kappa shape index (κ3) is 10.3. The van der Waals surface area contributed by atoms with Gasteiger partial charge in [-0.2, -0.15) is 0 Å². The largest absolute Gasteiger partial charge is 0.355 e. The standard InChI is InChI=1S/C19H44O4Si2/c1-7-13-20-18(11-5,21-14-8-2)24-17-25-19(12-6,22-15-9-3)23-16-10-4/h7-17,24-25H2,1-6H3. The van der Waals surface area contributed by atoms with Crippen molar-refractivity contribution in [3.05, 3.63) is 0 Å². The van der Waals surface area contributed by atoms with Gasteiger partial charge in [-0.05, 0) is 38.5 Å². The Bertz CT molecular complexity index is 259. The zero-order valence-corrected chi connectivity index (χ0v) is 20.7. The molecule has 25 heavy (non-hydrogen) atoms. The van der Waals surface area contributed by atoms with Crippen LogP contribution in [0.2, 0.25) is 5.67 Å². The number of hydrogen-bond acceptors (Lipinski definition) is 4. The predicted molar refractivity (Wildman–Crippen MR) is 113 cm³/mol. The highest BCUT2D eigenvalue weighted by Crippen LogP contribution is 2.23. The fourth-order valence-corrected chi connectivity index (χ4v) is 9.79. The van der Waals surface area contributed by atoms with Crippen molar-refractivity contribution in [1.82, 2.24) is 0 Å². The topological polar surface area (TPSA) is 36.9 Å². The lowest BCUT2D eigenvalue weighted by Gasteiger charge is -2.36. The van der Waals surface area contributed by atoms with E-state index in [2.05, 4.69) is 41.5 Å². The Morgan fingerprint density at radius 1 is 0.520 bits per heavy atom. The number of rotatable bonds is 18. The van der Waals surface area contributed by atoms with Gasteiger partial charge in [-0.15, -0.1) is 0 Å². The van der Waals surface area contributed by atoms with Crippen LogP contribution in [0.3, 0.4) is 0 Å². The van der Waals surface area contributed by atoms with Crippen LogP contribution in [-0.2, 0) is 18.9 Å². The fourth-order valence-electron chi connectivity index (χ4n) is 2.91. The van der Waals surface area contributed by atoms with E-state index >= 15 is 0 Å². The van der Waals surface area contributed by atoms with Crippen LogP contribution in [0.1, 0.15) is 80.1 Å². The molecule has 0 N–H and O–H groups in total. The molecule has 0 aliphatic heterocycles. The van der Waals surface area contributed by atoms with Crippen molar-refractivity contribution in [2.45, 2.75) is 96.6 Å². The first kappa shape index (κ1) is 25.3. The molecular weight excluding hydrogens is 348 g/mol. The molecule has 6 heteroatoms. The van der Waals surface area contributed by atoms with Crippen molar-refractivity contribution in [2.75, 3.05) is 26.4 Å². The molecule has 0 fully saturated rings. The Balaban J connectivity index is 4.82. The highest BCUT2D eigenvalue weighted by molar-refractivity contribution is 6.58. The molecule has 0 aromatic carbocycles. The predicted octanol–water partition coefficient (Wildman–Crippen LogP) is 3.53. The monoisotopic (exact) mass is 392 g/mol. The van der Waals surface area contributed by atoms with Crippen molar-refractivity contribution in [3.63, 3.8) is 0 Å². The van der Waals surface area contributed by atoms with Crippen molar-refractivity contribution in [1.29, 1.82) is 0 Å². The molecule has 0 aromatic rings. The molecule has 0 bridgehead atoms. The third-order valence-electron chi connectivity index (χ3n) is 4.47. The SMILES string of the molecule is CCCOC(CC)(OCCC)[SiH2]C[SiH2]C(CC)(OCCC)OCCC. The van der Waals surface area contributed by atoms with Crippen molar-refractivity contribution < 1.29 is 18.9 Å². The number of hydrogen-bond donors (Lipinski definition) is 0. The highest BCUT2D eigenvalue weighted by atomic mass is 28.3. The zero-order valence-electron chi connectivity index (χ0n) is 17.8. The summed E-state index contributed by atoms with van der Waals surface area (Å²) in [6.45, 7) is 16.2. The smallest absolute Gasteiger partial charge is 0.144 e. The van der Waals surface area contributed by atoms with Crippen LogP contribution in [0.4, 0.5) is 0 Å². The lowest BCUT2D eigenvalue weighted by molar-refractivity contribution is -0.184. The first-order chi connectivity index (χ1) is 12.1. The first-order valence-electron chi connectivity index (χ1n) is 10.6. The Kier molecular flexibility index (Phi) is 15.5. The summed E-state index contributed by atoms with van der Waals surface area (Å²) in [5, 5.41) is 0. The van der Waals surface area contributed by atoms with E-state index in [9.17, 15) is 0 Å². The molecule has 0 saturated carbocycles. The van der Waals surface area contributed by atoms with Crippen LogP contribution >= 0.6 is 0 Å². The Labute approximate surface area is 161 Å². The lowest BCUT2D eigenvalue weighted by Crippen LogP contribution is -2.47. The van der Waals surface area contributed by atoms with Gasteiger partial charge in [0.1, 0.15) is 10.8 Å². The normalized spacial score (nSPS) is 13.7. The molecule has 0 saturated heterocycles. The van der Waals surface area contributed by atoms with Gasteiger partial charge >= 0.3 is 0 Å². The molecular formula is C19H44O4Si2. The quantitative estimate of drug-likeness (QED) is 0.264. The molecule has 0 radical (unpaired) electrons. The Hall–Kier alpha value is 0.274. The summed E-state index contributed by atoms with van der Waals surface area (Å²) in [5.41, 5.74) is 0.685. The lowest BCUT2D eigenvalue weighted by atomic mass is 10.4. The second kappa shape index (κ2) is 15.3. The van der Waals surface area contributed by atoms with Gasteiger partial charge in [0.05, 0.1) is 19.0 Å². The molecule has 0 amide bonds. The average molecular weight is 393 g/mol. The van der Waals surface area contributed by atoms with Gasteiger partial charge in [0.15, 0.2) is 0 Å². The highest BCUT2D eigenvalue weighted by Gasteiger charge is 2.34. The molecule has 4 nitrogen and oxygen atoms in total. The van der Waals surface area contributed by atoms with Gasteiger partial charge in [0, 0.05) is 26.4 Å². The van der Waals surface area contributed by atoms with Crippen molar-refractivity contribution in [3.8, 4) is 0 Å². The Morgan fingerprint density at radius 3 is 1.00 bits per heavy atom. The van der Waals surface area contributed by atoms with Crippen LogP contribution < -0.4 is 0 Å². The van der Waals surface area contributed by atoms with E-state index in [-0.39, 0.29) is 10.8 Å². The molecule has 0 aliphatic carbocycles. The molecule has 152 valence electrons. The zero-order chi connectivity index (χ0) is 19.0. The van der Waals surface area contributed by atoms with E-state index in [1.54, 1.807) is 0 Å². The minimum Gasteiger partial charge on any atom is -0.355 e. The van der Waals surface area contributed by atoms with E-state index < -0.39 is 19.0 Å². The summed E-state index contributed by atoms with van der Waals surface area (Å²) in [7, 11) is -1.00. The molecule has 0 atom stereocenters. The molecule has 0 aromatic heterocycles. The van der Waals surface area contributed by atoms with Gasteiger partial charge < -0.3 is 18.9 Å². The number of ether oxygens (including phenoxy) is 4. The maximum absolute atomic E-state index is 6.22. The second-order valence-electron chi connectivity index (χ2n) is 6.78. The van der Waals surface area contributed by atoms with Crippen LogP contribution in [-0.4, -0.2) is 56.3 Å². The fraction of sp³-hybridized carbons (Fsp3) is 1.00. The summed E-state index contributed by atoms with van der Waals surface area (Å²) < 4.78 is 24.9. The Morgan fingerprint density at radius 2 is 0.800 bits per heavy atom. The van der Waals surface area contributed by atoms with Crippen LogP contribution in [0.15, 0.2) is 0 Å². The van der Waals surface area contributed by atoms with Crippen molar-refractivity contribution in [2.24, 2.45) is 0 Å². The summed E-state index contributed by atoms with van der Waals surface area (Å²) >= 11 is 0. The van der Waals surface area contributed by atoms with E-state index in [1.165, 1.54) is 5.67 Å². The summed E-state index contributed by atoms with van der Waals surface area (Å²) in [4.78, 5) is 0. The third-order valence-corrected chi connectivity index (χ3v) is 10.6. The minimum atomic E-state index is -0.501. The second-order valence-corrected chi connectivity index (χ2v) is 12.8. The summed E-state index contributed by atoms with van der Waals surface area (Å²) in [6, 6.07) is 0. The average Bonchev–Trinajstić information content (AvgIpc) is 2.65. The van der Waals surface area contributed by atoms with Crippen molar-refractivity contribution >= 4 is 19.0 Å². The van der Waals surface area contributed by atoms with Gasteiger partial charge in [0.25, 0.3) is 0 Å². The van der Waals surface area contributed by atoms with E-state index in [4.69, 9.17) is 18.9 Å². The molecule has 0 heterocycles. The van der Waals surface area contributed by atoms with Crippen LogP contribution in [0, 0.1) is 0 Å².